The molecule has 106 valence electrons. The normalized spacial score (nSPS) is 23.5. The van der Waals surface area contributed by atoms with Crippen molar-refractivity contribution in [2.75, 3.05) is 29.9 Å². The predicted molar refractivity (Wildman–Crippen MR) is 78.3 cm³/mol. The number of morpholine rings is 1. The molecular weight excluding hydrogens is 310 g/mol. The maximum Gasteiger partial charge on any atom is 0.221 e. The van der Waals surface area contributed by atoms with E-state index in [0.29, 0.717) is 12.5 Å². The van der Waals surface area contributed by atoms with Crippen molar-refractivity contribution in [3.63, 3.8) is 0 Å². The van der Waals surface area contributed by atoms with Crippen LogP contribution in [-0.4, -0.2) is 47.2 Å². The van der Waals surface area contributed by atoms with Crippen LogP contribution in [0.3, 0.4) is 0 Å². The van der Waals surface area contributed by atoms with Crippen molar-refractivity contribution in [2.24, 2.45) is 0 Å². The minimum absolute atomic E-state index is 0.189. The molecule has 19 heavy (non-hydrogen) atoms. The summed E-state index contributed by atoms with van der Waals surface area (Å²) in [6.07, 6.45) is 1.95. The number of alkyl halides is 1. The van der Waals surface area contributed by atoms with Gasteiger partial charge in [-0.2, -0.15) is 0 Å². The summed E-state index contributed by atoms with van der Waals surface area (Å²) >= 11 is 3.49. The van der Waals surface area contributed by atoms with Crippen LogP contribution in [0.25, 0.3) is 0 Å². The Hall–Kier alpha value is -0.880. The maximum absolute atomic E-state index is 5.84. The van der Waals surface area contributed by atoms with Crippen LogP contribution in [0.2, 0.25) is 0 Å². The van der Waals surface area contributed by atoms with Crippen molar-refractivity contribution >= 4 is 21.7 Å². The smallest absolute Gasteiger partial charge is 0.221 e. The fraction of sp³-hybridized carbons (Fsp3) is 0.692. The average molecular weight is 330 g/mol. The first-order chi connectivity index (χ1) is 9.15. The Balaban J connectivity index is 2.23. The van der Waals surface area contributed by atoms with E-state index in [0.717, 1.165) is 29.8 Å². The first-order valence-electron chi connectivity index (χ1n) is 6.56. The van der Waals surface area contributed by atoms with E-state index in [1.165, 1.54) is 0 Å². The van der Waals surface area contributed by atoms with Crippen molar-refractivity contribution in [2.45, 2.75) is 33.0 Å². The van der Waals surface area contributed by atoms with Gasteiger partial charge < -0.3 is 14.4 Å². The number of rotatable bonds is 4. The lowest BCUT2D eigenvalue weighted by Gasteiger charge is -2.37. The Labute approximate surface area is 122 Å². The highest BCUT2D eigenvalue weighted by Crippen LogP contribution is 2.26. The number of anilines is 1. The summed E-state index contributed by atoms with van der Waals surface area (Å²) in [7, 11) is 0. The molecule has 0 amide bonds. The molecule has 1 aromatic heterocycles. The van der Waals surface area contributed by atoms with Crippen LogP contribution in [0.15, 0.2) is 6.33 Å². The highest BCUT2D eigenvalue weighted by molar-refractivity contribution is 9.09. The van der Waals surface area contributed by atoms with Crippen molar-refractivity contribution in [1.82, 2.24) is 9.97 Å². The zero-order valence-corrected chi connectivity index (χ0v) is 13.2. The van der Waals surface area contributed by atoms with E-state index in [-0.39, 0.29) is 12.2 Å². The first kappa shape index (κ1) is 14.5. The third kappa shape index (κ3) is 3.36. The standard InChI is InChI=1S/C13H20BrN3O2/c1-4-18-13-10(3)12(15-8-16-13)17-6-9(2)19-11(5-14)7-17/h8-9,11H,4-7H2,1-3H3. The van der Waals surface area contributed by atoms with Crippen molar-refractivity contribution < 1.29 is 9.47 Å². The summed E-state index contributed by atoms with van der Waals surface area (Å²) in [4.78, 5) is 10.8. The zero-order valence-electron chi connectivity index (χ0n) is 11.6. The van der Waals surface area contributed by atoms with Crippen molar-refractivity contribution in [3.05, 3.63) is 11.9 Å². The molecule has 2 atom stereocenters. The lowest BCUT2D eigenvalue weighted by molar-refractivity contribution is -0.00229. The molecule has 0 bridgehead atoms. The molecule has 5 nitrogen and oxygen atoms in total. The molecule has 1 aliphatic heterocycles. The fourth-order valence-corrected chi connectivity index (χ4v) is 2.69. The zero-order chi connectivity index (χ0) is 13.8. The molecule has 1 aromatic rings. The molecule has 0 aromatic carbocycles. The summed E-state index contributed by atoms with van der Waals surface area (Å²) in [5, 5.41) is 0.830. The fourth-order valence-electron chi connectivity index (χ4n) is 2.33. The van der Waals surface area contributed by atoms with Crippen LogP contribution in [0.4, 0.5) is 5.82 Å². The van der Waals surface area contributed by atoms with Gasteiger partial charge in [0.2, 0.25) is 5.88 Å². The van der Waals surface area contributed by atoms with E-state index < -0.39 is 0 Å². The molecule has 0 radical (unpaired) electrons. The molecule has 0 spiro atoms. The molecule has 2 rings (SSSR count). The summed E-state index contributed by atoms with van der Waals surface area (Å²) in [6.45, 7) is 8.33. The summed E-state index contributed by atoms with van der Waals surface area (Å²) < 4.78 is 11.4. The van der Waals surface area contributed by atoms with Gasteiger partial charge in [0.05, 0.1) is 24.4 Å². The number of hydrogen-bond acceptors (Lipinski definition) is 5. The minimum atomic E-state index is 0.189. The number of halogens is 1. The number of hydrogen-bond donors (Lipinski definition) is 0. The van der Waals surface area contributed by atoms with Gasteiger partial charge in [0.25, 0.3) is 0 Å². The van der Waals surface area contributed by atoms with Crippen LogP contribution in [0.1, 0.15) is 19.4 Å². The molecule has 0 saturated carbocycles. The quantitative estimate of drug-likeness (QED) is 0.792. The highest BCUT2D eigenvalue weighted by Gasteiger charge is 2.27. The lowest BCUT2D eigenvalue weighted by Crippen LogP contribution is -2.48. The molecule has 6 heteroatoms. The second kappa shape index (κ2) is 6.52. The molecule has 1 fully saturated rings. The van der Waals surface area contributed by atoms with Gasteiger partial charge in [-0.15, -0.1) is 0 Å². The Morgan fingerprint density at radius 2 is 2.26 bits per heavy atom. The molecule has 1 aliphatic rings. The summed E-state index contributed by atoms with van der Waals surface area (Å²) in [5.74, 6) is 1.61. The van der Waals surface area contributed by atoms with Gasteiger partial charge in [0.1, 0.15) is 12.1 Å². The Morgan fingerprint density at radius 1 is 1.47 bits per heavy atom. The first-order valence-corrected chi connectivity index (χ1v) is 7.68. The van der Waals surface area contributed by atoms with E-state index in [2.05, 4.69) is 37.7 Å². The maximum atomic E-state index is 5.84. The third-order valence-corrected chi connectivity index (χ3v) is 3.81. The van der Waals surface area contributed by atoms with Crippen LogP contribution in [0.5, 0.6) is 5.88 Å². The van der Waals surface area contributed by atoms with Gasteiger partial charge in [-0.25, -0.2) is 9.97 Å². The van der Waals surface area contributed by atoms with Gasteiger partial charge in [0.15, 0.2) is 0 Å². The molecule has 0 aliphatic carbocycles. The largest absolute Gasteiger partial charge is 0.478 e. The molecule has 2 unspecified atom stereocenters. The van der Waals surface area contributed by atoms with Crippen LogP contribution in [0, 0.1) is 6.92 Å². The van der Waals surface area contributed by atoms with Crippen LogP contribution >= 0.6 is 15.9 Å². The van der Waals surface area contributed by atoms with Crippen LogP contribution < -0.4 is 9.64 Å². The molecule has 2 heterocycles. The summed E-state index contributed by atoms with van der Waals surface area (Å²) in [5.41, 5.74) is 0.992. The van der Waals surface area contributed by atoms with E-state index in [1.54, 1.807) is 6.33 Å². The van der Waals surface area contributed by atoms with E-state index in [9.17, 15) is 0 Å². The second-order valence-corrected chi connectivity index (χ2v) is 5.34. The van der Waals surface area contributed by atoms with Gasteiger partial charge in [-0.3, -0.25) is 0 Å². The van der Waals surface area contributed by atoms with E-state index >= 15 is 0 Å². The monoisotopic (exact) mass is 329 g/mol. The number of nitrogens with zero attached hydrogens (tertiary/aromatic N) is 3. The van der Waals surface area contributed by atoms with Gasteiger partial charge in [-0.05, 0) is 20.8 Å². The van der Waals surface area contributed by atoms with E-state index in [4.69, 9.17) is 9.47 Å². The van der Waals surface area contributed by atoms with Crippen molar-refractivity contribution in [3.8, 4) is 5.88 Å². The van der Waals surface area contributed by atoms with E-state index in [1.807, 2.05) is 13.8 Å². The Kier molecular flexibility index (Phi) is 4.99. The van der Waals surface area contributed by atoms with Gasteiger partial charge in [-0.1, -0.05) is 15.9 Å². The minimum Gasteiger partial charge on any atom is -0.478 e. The molecular formula is C13H20BrN3O2. The third-order valence-electron chi connectivity index (χ3n) is 3.09. The predicted octanol–water partition coefficient (Wildman–Crippen LogP) is 2.17. The average Bonchev–Trinajstić information content (AvgIpc) is 2.40. The second-order valence-electron chi connectivity index (χ2n) is 4.69. The number of ether oxygens (including phenoxy) is 2. The molecule has 0 N–H and O–H groups in total. The molecule has 1 saturated heterocycles. The van der Waals surface area contributed by atoms with Gasteiger partial charge in [0, 0.05) is 18.4 Å². The van der Waals surface area contributed by atoms with Crippen LogP contribution in [-0.2, 0) is 4.74 Å². The van der Waals surface area contributed by atoms with Gasteiger partial charge >= 0.3 is 0 Å². The Bertz CT molecular complexity index is 430. The van der Waals surface area contributed by atoms with Crippen molar-refractivity contribution in [1.29, 1.82) is 0 Å². The SMILES string of the molecule is CCOc1ncnc(N2CC(C)OC(CBr)C2)c1C. The number of aromatic nitrogens is 2. The summed E-state index contributed by atoms with van der Waals surface area (Å²) in [6, 6.07) is 0. The highest BCUT2D eigenvalue weighted by atomic mass is 79.9. The lowest BCUT2D eigenvalue weighted by atomic mass is 10.2. The topological polar surface area (TPSA) is 47.5 Å². The Morgan fingerprint density at radius 3 is 2.95 bits per heavy atom.